The second-order valence-corrected chi connectivity index (χ2v) is 5.67. The van der Waals surface area contributed by atoms with E-state index < -0.39 is 0 Å². The van der Waals surface area contributed by atoms with Crippen molar-refractivity contribution in [2.24, 2.45) is 0 Å². The predicted molar refractivity (Wildman–Crippen MR) is 88.1 cm³/mol. The summed E-state index contributed by atoms with van der Waals surface area (Å²) in [5, 5.41) is 6.33. The van der Waals surface area contributed by atoms with Gasteiger partial charge in [0.25, 0.3) is 5.91 Å². The van der Waals surface area contributed by atoms with Crippen LogP contribution in [0.25, 0.3) is 0 Å². The Balaban J connectivity index is 2.50. The number of hydrogen-bond acceptors (Lipinski definition) is 4. The number of hydrogen-bond donors (Lipinski definition) is 2. The van der Waals surface area contributed by atoms with Crippen LogP contribution in [-0.2, 0) is 0 Å². The van der Waals surface area contributed by atoms with E-state index in [1.54, 1.807) is 6.07 Å². The topological polar surface area (TPSA) is 57.3 Å². The van der Waals surface area contributed by atoms with Gasteiger partial charge in [0.2, 0.25) is 0 Å². The molecule has 0 aliphatic rings. The minimum Gasteiger partial charge on any atom is -0.370 e. The molecule has 0 atom stereocenters. The van der Waals surface area contributed by atoms with Crippen LogP contribution in [-0.4, -0.2) is 48.5 Å². The third-order valence-electron chi connectivity index (χ3n) is 3.31. The quantitative estimate of drug-likeness (QED) is 0.725. The van der Waals surface area contributed by atoms with E-state index in [-0.39, 0.29) is 5.91 Å². The van der Waals surface area contributed by atoms with Crippen LogP contribution in [0.3, 0.4) is 0 Å². The number of anilines is 1. The lowest BCUT2D eigenvalue weighted by atomic mass is 10.2. The molecule has 1 aromatic heterocycles. The zero-order valence-electron chi connectivity index (χ0n) is 13.2. The van der Waals surface area contributed by atoms with E-state index in [4.69, 9.17) is 11.6 Å². The molecule has 0 saturated heterocycles. The van der Waals surface area contributed by atoms with Crippen LogP contribution in [0.4, 0.5) is 5.82 Å². The molecule has 1 heterocycles. The Morgan fingerprint density at radius 1 is 1.48 bits per heavy atom. The van der Waals surface area contributed by atoms with Gasteiger partial charge in [-0.1, -0.05) is 11.6 Å². The fraction of sp³-hybridized carbons (Fsp3) is 0.600. The fourth-order valence-electron chi connectivity index (χ4n) is 1.77. The first-order valence-corrected chi connectivity index (χ1v) is 7.71. The van der Waals surface area contributed by atoms with Gasteiger partial charge in [-0.2, -0.15) is 0 Å². The van der Waals surface area contributed by atoms with Crippen molar-refractivity contribution in [3.05, 3.63) is 22.8 Å². The van der Waals surface area contributed by atoms with Gasteiger partial charge in [0.15, 0.2) is 0 Å². The SMILES string of the molecule is CCNc1cc(C(=O)NCCCN(C)C(C)C)c(Cl)cn1. The lowest BCUT2D eigenvalue weighted by Crippen LogP contribution is -2.31. The fourth-order valence-corrected chi connectivity index (χ4v) is 1.96. The third-order valence-corrected chi connectivity index (χ3v) is 3.61. The first kappa shape index (κ1) is 17.7. The molecular formula is C15H25ClN4O. The van der Waals surface area contributed by atoms with Gasteiger partial charge >= 0.3 is 0 Å². The summed E-state index contributed by atoms with van der Waals surface area (Å²) in [5.41, 5.74) is 0.458. The first-order chi connectivity index (χ1) is 9.95. The molecule has 0 unspecified atom stereocenters. The molecule has 6 heteroatoms. The average Bonchev–Trinajstić information content (AvgIpc) is 2.45. The summed E-state index contributed by atoms with van der Waals surface area (Å²) in [6.45, 7) is 8.60. The molecule has 0 spiro atoms. The van der Waals surface area contributed by atoms with Gasteiger partial charge in [0.05, 0.1) is 10.6 Å². The van der Waals surface area contributed by atoms with Crippen molar-refractivity contribution in [2.75, 3.05) is 32.0 Å². The predicted octanol–water partition coefficient (Wildman–Crippen LogP) is 2.63. The van der Waals surface area contributed by atoms with Crippen molar-refractivity contribution in [1.82, 2.24) is 15.2 Å². The van der Waals surface area contributed by atoms with E-state index in [1.807, 2.05) is 6.92 Å². The number of nitrogens with one attached hydrogen (secondary N) is 2. The number of aromatic nitrogens is 1. The Labute approximate surface area is 132 Å². The maximum atomic E-state index is 12.1. The first-order valence-electron chi connectivity index (χ1n) is 7.33. The van der Waals surface area contributed by atoms with Crippen LogP contribution < -0.4 is 10.6 Å². The lowest BCUT2D eigenvalue weighted by molar-refractivity contribution is 0.0951. The highest BCUT2D eigenvalue weighted by Gasteiger charge is 2.11. The molecular weight excluding hydrogens is 288 g/mol. The van der Waals surface area contributed by atoms with Gasteiger partial charge in [0, 0.05) is 25.3 Å². The zero-order chi connectivity index (χ0) is 15.8. The molecule has 1 amide bonds. The van der Waals surface area contributed by atoms with E-state index in [2.05, 4.69) is 41.4 Å². The number of rotatable bonds is 8. The number of amides is 1. The minimum atomic E-state index is -0.159. The second kappa shape index (κ2) is 8.85. The van der Waals surface area contributed by atoms with Crippen LogP contribution in [0.1, 0.15) is 37.6 Å². The Kier molecular flexibility index (Phi) is 7.47. The van der Waals surface area contributed by atoms with Crippen molar-refractivity contribution >= 4 is 23.3 Å². The Morgan fingerprint density at radius 2 is 2.19 bits per heavy atom. The summed E-state index contributed by atoms with van der Waals surface area (Å²) in [6.07, 6.45) is 2.41. The average molecular weight is 313 g/mol. The third kappa shape index (κ3) is 5.89. The van der Waals surface area contributed by atoms with Crippen LogP contribution in [0, 0.1) is 0 Å². The minimum absolute atomic E-state index is 0.159. The van der Waals surface area contributed by atoms with Gasteiger partial charge < -0.3 is 15.5 Å². The largest absolute Gasteiger partial charge is 0.370 e. The number of nitrogens with zero attached hydrogens (tertiary/aromatic N) is 2. The zero-order valence-corrected chi connectivity index (χ0v) is 14.0. The Morgan fingerprint density at radius 3 is 2.81 bits per heavy atom. The monoisotopic (exact) mass is 312 g/mol. The number of pyridine rings is 1. The van der Waals surface area contributed by atoms with Crippen molar-refractivity contribution < 1.29 is 4.79 Å². The van der Waals surface area contributed by atoms with Crippen molar-refractivity contribution in [3.63, 3.8) is 0 Å². The van der Waals surface area contributed by atoms with E-state index >= 15 is 0 Å². The van der Waals surface area contributed by atoms with Gasteiger partial charge in [-0.3, -0.25) is 4.79 Å². The normalized spacial score (nSPS) is 11.0. The maximum absolute atomic E-state index is 12.1. The highest BCUT2D eigenvalue weighted by atomic mass is 35.5. The molecule has 0 radical (unpaired) electrons. The molecule has 0 fully saturated rings. The summed E-state index contributed by atoms with van der Waals surface area (Å²) in [4.78, 5) is 18.5. The number of carbonyl (C=O) groups excluding carboxylic acids is 1. The van der Waals surface area contributed by atoms with Crippen molar-refractivity contribution in [1.29, 1.82) is 0 Å². The molecule has 0 bridgehead atoms. The molecule has 1 rings (SSSR count). The van der Waals surface area contributed by atoms with Gasteiger partial charge in [-0.15, -0.1) is 0 Å². The van der Waals surface area contributed by atoms with E-state index in [9.17, 15) is 4.79 Å². The van der Waals surface area contributed by atoms with Crippen LogP contribution in [0.2, 0.25) is 5.02 Å². The molecule has 5 nitrogen and oxygen atoms in total. The second-order valence-electron chi connectivity index (χ2n) is 5.26. The molecule has 0 aromatic carbocycles. The molecule has 21 heavy (non-hydrogen) atoms. The van der Waals surface area contributed by atoms with Crippen LogP contribution in [0.15, 0.2) is 12.3 Å². The van der Waals surface area contributed by atoms with Crippen LogP contribution in [0.5, 0.6) is 0 Å². The Hall–Kier alpha value is -1.33. The standard InChI is InChI=1S/C15H25ClN4O/c1-5-17-14-9-12(13(16)10-19-14)15(21)18-7-6-8-20(4)11(2)3/h9-11H,5-8H2,1-4H3,(H,17,19)(H,18,21). The summed E-state index contributed by atoms with van der Waals surface area (Å²) in [5.74, 6) is 0.500. The summed E-state index contributed by atoms with van der Waals surface area (Å²) in [6, 6.07) is 2.19. The van der Waals surface area contributed by atoms with Crippen molar-refractivity contribution in [2.45, 2.75) is 33.2 Å². The van der Waals surface area contributed by atoms with E-state index in [0.717, 1.165) is 19.5 Å². The molecule has 1 aromatic rings. The van der Waals surface area contributed by atoms with Crippen LogP contribution >= 0.6 is 11.6 Å². The molecule has 2 N–H and O–H groups in total. The molecule has 0 aliphatic heterocycles. The van der Waals surface area contributed by atoms with E-state index in [1.165, 1.54) is 6.20 Å². The molecule has 118 valence electrons. The van der Waals surface area contributed by atoms with E-state index in [0.29, 0.717) is 29.0 Å². The highest BCUT2D eigenvalue weighted by Crippen LogP contribution is 2.17. The summed E-state index contributed by atoms with van der Waals surface area (Å²) < 4.78 is 0. The smallest absolute Gasteiger partial charge is 0.252 e. The Bertz CT molecular complexity index is 465. The van der Waals surface area contributed by atoms with Gasteiger partial charge in [-0.25, -0.2) is 4.98 Å². The van der Waals surface area contributed by atoms with Gasteiger partial charge in [-0.05, 0) is 46.9 Å². The summed E-state index contributed by atoms with van der Waals surface area (Å²) >= 11 is 6.04. The molecule has 0 saturated carbocycles. The lowest BCUT2D eigenvalue weighted by Gasteiger charge is -2.20. The summed E-state index contributed by atoms with van der Waals surface area (Å²) in [7, 11) is 2.08. The molecule has 0 aliphatic carbocycles. The van der Waals surface area contributed by atoms with Gasteiger partial charge in [0.1, 0.15) is 5.82 Å². The highest BCUT2D eigenvalue weighted by molar-refractivity contribution is 6.33. The van der Waals surface area contributed by atoms with Crippen molar-refractivity contribution in [3.8, 4) is 0 Å². The maximum Gasteiger partial charge on any atom is 0.252 e. The number of halogens is 1. The number of carbonyl (C=O) groups is 1.